The quantitative estimate of drug-likeness (QED) is 0.234. The van der Waals surface area contributed by atoms with Gasteiger partial charge in [0.25, 0.3) is 0 Å². The molecule has 0 aliphatic carbocycles. The van der Waals surface area contributed by atoms with Gasteiger partial charge in [-0.1, -0.05) is 102 Å². The summed E-state index contributed by atoms with van der Waals surface area (Å²) < 4.78 is 0. The molecule has 0 heterocycles. The van der Waals surface area contributed by atoms with Gasteiger partial charge in [-0.05, 0) is 92.7 Å². The summed E-state index contributed by atoms with van der Waals surface area (Å²) in [4.78, 5) is 0. The molecule has 158 valence electrons. The van der Waals surface area contributed by atoms with E-state index in [0.717, 1.165) is 5.02 Å². The van der Waals surface area contributed by atoms with Crippen molar-refractivity contribution in [3.8, 4) is 22.3 Å². The summed E-state index contributed by atoms with van der Waals surface area (Å²) in [5, 5.41) is 8.26. The first-order chi connectivity index (χ1) is 16.1. The first-order valence-electron chi connectivity index (χ1n) is 11.3. The van der Waals surface area contributed by atoms with Crippen molar-refractivity contribution >= 4 is 43.9 Å². The van der Waals surface area contributed by atoms with Gasteiger partial charge in [-0.3, -0.25) is 0 Å². The molecule has 33 heavy (non-hydrogen) atoms. The molecule has 0 fully saturated rings. The van der Waals surface area contributed by atoms with Crippen LogP contribution in [0.4, 0.5) is 0 Å². The maximum Gasteiger partial charge on any atom is 0.0412 e. The molecule has 6 rings (SSSR count). The second kappa shape index (κ2) is 7.76. The number of hydrogen-bond donors (Lipinski definition) is 0. The number of rotatable bonds is 2. The minimum Gasteiger partial charge on any atom is -0.0843 e. The van der Waals surface area contributed by atoms with E-state index in [-0.39, 0.29) is 0 Å². The molecule has 0 aliphatic rings. The Kier molecular flexibility index (Phi) is 4.71. The van der Waals surface area contributed by atoms with Crippen LogP contribution in [-0.4, -0.2) is 0 Å². The molecule has 1 heteroatoms. The van der Waals surface area contributed by atoms with Crippen LogP contribution in [0, 0.1) is 13.8 Å². The van der Waals surface area contributed by atoms with Gasteiger partial charge in [0.2, 0.25) is 0 Å². The Morgan fingerprint density at radius 1 is 0.424 bits per heavy atom. The lowest BCUT2D eigenvalue weighted by atomic mass is 9.87. The van der Waals surface area contributed by atoms with Gasteiger partial charge >= 0.3 is 0 Å². The minimum absolute atomic E-state index is 0.760. The molecule has 0 radical (unpaired) electrons. The molecule has 0 saturated carbocycles. The van der Waals surface area contributed by atoms with Crippen molar-refractivity contribution in [2.75, 3.05) is 0 Å². The number of hydrogen-bond acceptors (Lipinski definition) is 0. The summed E-state index contributed by atoms with van der Waals surface area (Å²) in [5.74, 6) is 0. The van der Waals surface area contributed by atoms with Crippen LogP contribution >= 0.6 is 11.6 Å². The molecular weight excluding hydrogens is 420 g/mol. The van der Waals surface area contributed by atoms with Crippen molar-refractivity contribution in [3.05, 3.63) is 119 Å². The first-order valence-corrected chi connectivity index (χ1v) is 11.7. The largest absolute Gasteiger partial charge is 0.0843 e. The lowest BCUT2D eigenvalue weighted by Gasteiger charge is -2.16. The van der Waals surface area contributed by atoms with E-state index in [0.29, 0.717) is 0 Å². The fraction of sp³-hybridized carbons (Fsp3) is 0.0625. The fourth-order valence-electron chi connectivity index (χ4n) is 5.08. The van der Waals surface area contributed by atoms with E-state index in [2.05, 4.69) is 111 Å². The number of fused-ring (bicyclic) bond motifs is 5. The molecular formula is C32H23Cl. The number of halogens is 1. The van der Waals surface area contributed by atoms with E-state index in [1.165, 1.54) is 65.7 Å². The van der Waals surface area contributed by atoms with Gasteiger partial charge in [0.1, 0.15) is 0 Å². The summed E-state index contributed by atoms with van der Waals surface area (Å²) in [6.45, 7) is 4.29. The molecule has 6 aromatic carbocycles. The Bertz CT molecular complexity index is 1690. The van der Waals surface area contributed by atoms with Crippen LogP contribution in [0.2, 0.25) is 5.02 Å². The van der Waals surface area contributed by atoms with Crippen LogP contribution in [0.5, 0.6) is 0 Å². The van der Waals surface area contributed by atoms with Crippen molar-refractivity contribution in [3.63, 3.8) is 0 Å². The predicted molar refractivity (Wildman–Crippen MR) is 144 cm³/mol. The van der Waals surface area contributed by atoms with Gasteiger partial charge in [-0.25, -0.2) is 0 Å². The zero-order valence-electron chi connectivity index (χ0n) is 18.7. The van der Waals surface area contributed by atoms with Gasteiger partial charge in [0.15, 0.2) is 0 Å². The third-order valence-corrected chi connectivity index (χ3v) is 6.83. The van der Waals surface area contributed by atoms with E-state index in [1.54, 1.807) is 0 Å². The molecule has 0 spiro atoms. The van der Waals surface area contributed by atoms with E-state index in [9.17, 15) is 0 Å². The molecule has 0 atom stereocenters. The van der Waals surface area contributed by atoms with Gasteiger partial charge in [-0.15, -0.1) is 0 Å². The maximum absolute atomic E-state index is 6.50. The average Bonchev–Trinajstić information content (AvgIpc) is 2.82. The lowest BCUT2D eigenvalue weighted by molar-refractivity contribution is 1.47. The van der Waals surface area contributed by atoms with Crippen LogP contribution in [0.3, 0.4) is 0 Å². The van der Waals surface area contributed by atoms with Gasteiger partial charge in [0, 0.05) is 5.02 Å². The van der Waals surface area contributed by atoms with E-state index in [4.69, 9.17) is 11.6 Å². The molecule has 0 unspecified atom stereocenters. The van der Waals surface area contributed by atoms with Gasteiger partial charge < -0.3 is 0 Å². The van der Waals surface area contributed by atoms with Crippen LogP contribution < -0.4 is 0 Å². The Labute approximate surface area is 199 Å². The van der Waals surface area contributed by atoms with Crippen molar-refractivity contribution in [1.82, 2.24) is 0 Å². The van der Waals surface area contributed by atoms with E-state index < -0.39 is 0 Å². The van der Waals surface area contributed by atoms with Gasteiger partial charge in [-0.2, -0.15) is 0 Å². The average molecular weight is 443 g/mol. The highest BCUT2D eigenvalue weighted by Crippen LogP contribution is 2.42. The lowest BCUT2D eigenvalue weighted by Crippen LogP contribution is -1.90. The summed E-state index contributed by atoms with van der Waals surface area (Å²) >= 11 is 6.50. The summed E-state index contributed by atoms with van der Waals surface area (Å²) in [7, 11) is 0. The maximum atomic E-state index is 6.50. The molecule has 0 N–H and O–H groups in total. The molecule has 6 aromatic rings. The Morgan fingerprint density at radius 3 is 1.58 bits per heavy atom. The Balaban J connectivity index is 1.81. The van der Waals surface area contributed by atoms with E-state index >= 15 is 0 Å². The summed E-state index contributed by atoms with van der Waals surface area (Å²) in [6.07, 6.45) is 0. The van der Waals surface area contributed by atoms with Crippen molar-refractivity contribution in [1.29, 1.82) is 0 Å². The minimum atomic E-state index is 0.760. The van der Waals surface area contributed by atoms with Crippen molar-refractivity contribution < 1.29 is 0 Å². The summed E-state index contributed by atoms with van der Waals surface area (Å²) in [6, 6.07) is 37.3. The third kappa shape index (κ3) is 3.39. The SMILES string of the molecule is Cc1cccc(-c2cc3c4ccc(Cl)cc4c(-c4cccc(C)c4)cc3c3ccccc23)c1. The predicted octanol–water partition coefficient (Wildman–Crippen LogP) is 9.75. The van der Waals surface area contributed by atoms with Gasteiger partial charge in [0.05, 0.1) is 0 Å². The smallest absolute Gasteiger partial charge is 0.0412 e. The number of benzene rings is 6. The molecule has 0 amide bonds. The zero-order chi connectivity index (χ0) is 22.5. The highest BCUT2D eigenvalue weighted by Gasteiger charge is 2.15. The van der Waals surface area contributed by atoms with Crippen LogP contribution in [0.15, 0.2) is 103 Å². The molecule has 0 nitrogen and oxygen atoms in total. The highest BCUT2D eigenvalue weighted by atomic mass is 35.5. The third-order valence-electron chi connectivity index (χ3n) is 6.60. The molecule has 0 aromatic heterocycles. The molecule has 0 bridgehead atoms. The van der Waals surface area contributed by atoms with Crippen molar-refractivity contribution in [2.24, 2.45) is 0 Å². The monoisotopic (exact) mass is 442 g/mol. The van der Waals surface area contributed by atoms with Crippen LogP contribution in [0.1, 0.15) is 11.1 Å². The van der Waals surface area contributed by atoms with Crippen molar-refractivity contribution in [2.45, 2.75) is 13.8 Å². The fourth-order valence-corrected chi connectivity index (χ4v) is 5.25. The van der Waals surface area contributed by atoms with Crippen LogP contribution in [-0.2, 0) is 0 Å². The Hall–Kier alpha value is -3.61. The second-order valence-electron chi connectivity index (χ2n) is 8.92. The molecule has 0 saturated heterocycles. The number of aryl methyl sites for hydroxylation is 2. The van der Waals surface area contributed by atoms with Crippen LogP contribution in [0.25, 0.3) is 54.6 Å². The summed E-state index contributed by atoms with van der Waals surface area (Å²) in [5.41, 5.74) is 7.47. The topological polar surface area (TPSA) is 0 Å². The zero-order valence-corrected chi connectivity index (χ0v) is 19.4. The second-order valence-corrected chi connectivity index (χ2v) is 9.35. The normalized spacial score (nSPS) is 11.5. The highest BCUT2D eigenvalue weighted by molar-refractivity contribution is 6.32. The standard InChI is InChI=1S/C32H23Cl/c1-20-7-5-9-22(15-20)28-18-32-27-14-13-24(33)17-30(27)29(23-10-6-8-21(2)16-23)19-31(32)26-12-4-3-11-25(26)28/h3-19H,1-2H3. The Morgan fingerprint density at radius 2 is 0.970 bits per heavy atom. The van der Waals surface area contributed by atoms with E-state index in [1.807, 2.05) is 6.07 Å². The molecule has 0 aliphatic heterocycles. The first kappa shape index (κ1) is 20.0.